The van der Waals surface area contributed by atoms with Crippen molar-refractivity contribution in [3.63, 3.8) is 0 Å². The number of hydrogen-bond acceptors (Lipinski definition) is 4. The van der Waals surface area contributed by atoms with Crippen LogP contribution < -0.4 is 10.9 Å². The number of H-pyrrole nitrogens is 1. The Labute approximate surface area is 88.6 Å². The predicted molar refractivity (Wildman–Crippen MR) is 59.0 cm³/mol. The zero-order chi connectivity index (χ0) is 11.6. The second-order valence-corrected chi connectivity index (χ2v) is 4.24. The lowest BCUT2D eigenvalue weighted by Gasteiger charge is -2.29. The number of nitrogens with one attached hydrogen (secondary N) is 2. The average molecular weight is 211 g/mol. The monoisotopic (exact) mass is 211 g/mol. The topological polar surface area (TPSA) is 78.0 Å². The van der Waals surface area contributed by atoms with Crippen molar-refractivity contribution in [1.82, 2.24) is 9.97 Å². The molecule has 0 aliphatic heterocycles. The summed E-state index contributed by atoms with van der Waals surface area (Å²) in [5.41, 5.74) is -0.723. The number of aryl methyl sites for hydroxylation is 1. The summed E-state index contributed by atoms with van der Waals surface area (Å²) in [6.45, 7) is 7.08. The largest absolute Gasteiger partial charge is 0.391 e. The maximum Gasteiger partial charge on any atom is 0.252 e. The molecule has 0 spiro atoms. The van der Waals surface area contributed by atoms with Gasteiger partial charge in [-0.15, -0.1) is 0 Å². The highest BCUT2D eigenvalue weighted by molar-refractivity contribution is 5.36. The maximum absolute atomic E-state index is 11.2. The molecule has 15 heavy (non-hydrogen) atoms. The van der Waals surface area contributed by atoms with Gasteiger partial charge in [0.1, 0.15) is 11.6 Å². The summed E-state index contributed by atoms with van der Waals surface area (Å²) in [6.07, 6.45) is -0.543. The normalized spacial score (nSPS) is 13.7. The molecule has 1 rings (SSSR count). The van der Waals surface area contributed by atoms with E-state index >= 15 is 0 Å². The van der Waals surface area contributed by atoms with Gasteiger partial charge < -0.3 is 15.4 Å². The first kappa shape index (κ1) is 11.7. The van der Waals surface area contributed by atoms with Gasteiger partial charge in [0.25, 0.3) is 5.56 Å². The number of aliphatic hydroxyl groups excluding tert-OH is 1. The Morgan fingerprint density at radius 1 is 1.60 bits per heavy atom. The van der Waals surface area contributed by atoms with Crippen LogP contribution in [0.5, 0.6) is 0 Å². The second kappa shape index (κ2) is 4.02. The maximum atomic E-state index is 11.2. The summed E-state index contributed by atoms with van der Waals surface area (Å²) in [5.74, 6) is 1.02. The number of aromatic amines is 1. The van der Waals surface area contributed by atoms with Crippen molar-refractivity contribution in [2.75, 3.05) is 5.32 Å². The summed E-state index contributed by atoms with van der Waals surface area (Å²) in [4.78, 5) is 17.8. The van der Waals surface area contributed by atoms with Crippen LogP contribution in [0.4, 0.5) is 5.82 Å². The van der Waals surface area contributed by atoms with Gasteiger partial charge in [-0.2, -0.15) is 0 Å². The van der Waals surface area contributed by atoms with Crippen molar-refractivity contribution in [3.05, 3.63) is 22.2 Å². The SMILES string of the molecule is Cc1nc(NC(C)(C)C(C)O)cc(=O)[nH]1. The summed E-state index contributed by atoms with van der Waals surface area (Å²) < 4.78 is 0. The number of aromatic nitrogens is 2. The van der Waals surface area contributed by atoms with Crippen molar-refractivity contribution in [2.24, 2.45) is 0 Å². The number of anilines is 1. The van der Waals surface area contributed by atoms with Crippen LogP contribution in [-0.4, -0.2) is 26.7 Å². The van der Waals surface area contributed by atoms with Crippen molar-refractivity contribution >= 4 is 5.82 Å². The molecule has 84 valence electrons. The van der Waals surface area contributed by atoms with E-state index in [1.807, 2.05) is 13.8 Å². The Morgan fingerprint density at radius 3 is 2.67 bits per heavy atom. The molecule has 0 aliphatic carbocycles. The molecule has 0 saturated carbocycles. The first-order valence-electron chi connectivity index (χ1n) is 4.85. The highest BCUT2D eigenvalue weighted by Crippen LogP contribution is 2.15. The standard InChI is InChI=1S/C10H17N3O2/c1-6(14)10(3,4)13-8-5-9(15)12-7(2)11-8/h5-6,14H,1-4H3,(H2,11,12,13,15). The lowest BCUT2D eigenvalue weighted by Crippen LogP contribution is -2.42. The van der Waals surface area contributed by atoms with E-state index < -0.39 is 11.6 Å². The fraction of sp³-hybridized carbons (Fsp3) is 0.600. The minimum absolute atomic E-state index is 0.202. The molecular formula is C10H17N3O2. The molecule has 1 atom stereocenters. The molecule has 0 aliphatic rings. The minimum atomic E-state index is -0.543. The third kappa shape index (κ3) is 3.06. The van der Waals surface area contributed by atoms with Gasteiger partial charge in [0.2, 0.25) is 0 Å². The molecule has 1 aromatic rings. The third-order valence-corrected chi connectivity index (χ3v) is 2.35. The van der Waals surface area contributed by atoms with E-state index in [4.69, 9.17) is 0 Å². The van der Waals surface area contributed by atoms with E-state index in [2.05, 4.69) is 15.3 Å². The molecule has 0 amide bonds. The van der Waals surface area contributed by atoms with Crippen LogP contribution in [0, 0.1) is 6.92 Å². The van der Waals surface area contributed by atoms with Gasteiger partial charge >= 0.3 is 0 Å². The second-order valence-electron chi connectivity index (χ2n) is 4.24. The Balaban J connectivity index is 2.94. The molecule has 1 aromatic heterocycles. The number of aliphatic hydroxyl groups is 1. The summed E-state index contributed by atoms with van der Waals surface area (Å²) in [6, 6.07) is 1.37. The fourth-order valence-corrected chi connectivity index (χ4v) is 1.08. The highest BCUT2D eigenvalue weighted by atomic mass is 16.3. The molecule has 0 bridgehead atoms. The van der Waals surface area contributed by atoms with E-state index in [9.17, 15) is 9.90 Å². The third-order valence-electron chi connectivity index (χ3n) is 2.35. The van der Waals surface area contributed by atoms with Crippen molar-refractivity contribution in [2.45, 2.75) is 39.3 Å². The predicted octanol–water partition coefficient (Wildman–Crippen LogP) is 0.650. The van der Waals surface area contributed by atoms with E-state index in [-0.39, 0.29) is 5.56 Å². The first-order chi connectivity index (χ1) is 6.81. The van der Waals surface area contributed by atoms with Crippen LogP contribution in [-0.2, 0) is 0 Å². The van der Waals surface area contributed by atoms with Gasteiger partial charge in [0.15, 0.2) is 0 Å². The van der Waals surface area contributed by atoms with E-state index in [1.54, 1.807) is 13.8 Å². The lowest BCUT2D eigenvalue weighted by atomic mass is 9.99. The van der Waals surface area contributed by atoms with Gasteiger partial charge in [-0.3, -0.25) is 4.79 Å². The molecule has 1 heterocycles. The quantitative estimate of drug-likeness (QED) is 0.686. The van der Waals surface area contributed by atoms with Gasteiger partial charge in [-0.05, 0) is 27.7 Å². The van der Waals surface area contributed by atoms with E-state index in [0.29, 0.717) is 11.6 Å². The van der Waals surface area contributed by atoms with Crippen LogP contribution in [0.3, 0.4) is 0 Å². The van der Waals surface area contributed by atoms with Crippen molar-refractivity contribution < 1.29 is 5.11 Å². The van der Waals surface area contributed by atoms with E-state index in [1.165, 1.54) is 6.07 Å². The zero-order valence-electron chi connectivity index (χ0n) is 9.46. The Bertz CT molecular complexity index is 396. The molecule has 0 radical (unpaired) electrons. The fourth-order valence-electron chi connectivity index (χ4n) is 1.08. The minimum Gasteiger partial charge on any atom is -0.391 e. The molecule has 0 aromatic carbocycles. The van der Waals surface area contributed by atoms with Crippen LogP contribution in [0.2, 0.25) is 0 Å². The number of rotatable bonds is 3. The Kier molecular flexibility index (Phi) is 3.14. The molecule has 5 nitrogen and oxygen atoms in total. The average Bonchev–Trinajstić information content (AvgIpc) is 1.99. The van der Waals surface area contributed by atoms with Crippen molar-refractivity contribution in [1.29, 1.82) is 0 Å². The lowest BCUT2D eigenvalue weighted by molar-refractivity contribution is 0.133. The van der Waals surface area contributed by atoms with Crippen LogP contribution in [0.1, 0.15) is 26.6 Å². The summed E-state index contributed by atoms with van der Waals surface area (Å²) >= 11 is 0. The van der Waals surface area contributed by atoms with E-state index in [0.717, 1.165) is 0 Å². The van der Waals surface area contributed by atoms with Gasteiger partial charge in [-0.25, -0.2) is 4.98 Å². The highest BCUT2D eigenvalue weighted by Gasteiger charge is 2.24. The van der Waals surface area contributed by atoms with Gasteiger partial charge in [0.05, 0.1) is 11.6 Å². The first-order valence-corrected chi connectivity index (χ1v) is 4.85. The summed E-state index contributed by atoms with van der Waals surface area (Å²) in [7, 11) is 0. The number of hydrogen-bond donors (Lipinski definition) is 3. The molecule has 3 N–H and O–H groups in total. The van der Waals surface area contributed by atoms with Crippen LogP contribution in [0.15, 0.2) is 10.9 Å². The molecule has 5 heteroatoms. The van der Waals surface area contributed by atoms with Gasteiger partial charge in [-0.1, -0.05) is 0 Å². The molecule has 1 unspecified atom stereocenters. The van der Waals surface area contributed by atoms with Crippen LogP contribution in [0.25, 0.3) is 0 Å². The van der Waals surface area contributed by atoms with Gasteiger partial charge in [0, 0.05) is 6.07 Å². The zero-order valence-corrected chi connectivity index (χ0v) is 9.46. The summed E-state index contributed by atoms with van der Waals surface area (Å²) in [5, 5.41) is 12.5. The Morgan fingerprint density at radius 2 is 2.20 bits per heavy atom. The van der Waals surface area contributed by atoms with Crippen molar-refractivity contribution in [3.8, 4) is 0 Å². The molecule has 0 saturated heterocycles. The number of nitrogens with zero attached hydrogens (tertiary/aromatic N) is 1. The molecular weight excluding hydrogens is 194 g/mol. The Hall–Kier alpha value is -1.36. The molecule has 0 fully saturated rings. The smallest absolute Gasteiger partial charge is 0.252 e. The van der Waals surface area contributed by atoms with Crippen LogP contribution >= 0.6 is 0 Å².